The van der Waals surface area contributed by atoms with Crippen molar-refractivity contribution in [3.8, 4) is 0 Å². The molecule has 3 aliphatic rings. The van der Waals surface area contributed by atoms with Crippen molar-refractivity contribution in [1.29, 1.82) is 0 Å². The molecule has 128 valence electrons. The topological polar surface area (TPSA) is 53.1 Å². The zero-order valence-electron chi connectivity index (χ0n) is 13.8. The van der Waals surface area contributed by atoms with Crippen LogP contribution in [0.3, 0.4) is 0 Å². The Morgan fingerprint density at radius 3 is 2.75 bits per heavy atom. The molecule has 6 nitrogen and oxygen atoms in total. The molecule has 1 aromatic rings. The van der Waals surface area contributed by atoms with Gasteiger partial charge in [0.25, 0.3) is 5.91 Å². The molecule has 0 N–H and O–H groups in total. The fourth-order valence-corrected chi connectivity index (χ4v) is 3.93. The van der Waals surface area contributed by atoms with Gasteiger partial charge in [0.15, 0.2) is 0 Å². The van der Waals surface area contributed by atoms with Crippen molar-refractivity contribution >= 4 is 17.5 Å². The molecule has 0 saturated carbocycles. The number of hydrogen-bond donors (Lipinski definition) is 0. The lowest BCUT2D eigenvalue weighted by Crippen LogP contribution is -2.60. The Bertz CT molecular complexity index is 642. The Hall–Kier alpha value is -1.92. The smallest absolute Gasteiger partial charge is 0.257 e. The van der Waals surface area contributed by atoms with Gasteiger partial charge in [-0.15, -0.1) is 0 Å². The molecular weight excluding hydrogens is 306 g/mol. The van der Waals surface area contributed by atoms with E-state index in [0.29, 0.717) is 25.3 Å². The van der Waals surface area contributed by atoms with Crippen LogP contribution in [0.15, 0.2) is 24.3 Å². The molecule has 0 aliphatic carbocycles. The van der Waals surface area contributed by atoms with Gasteiger partial charge in [0.1, 0.15) is 6.17 Å². The molecule has 1 unspecified atom stereocenters. The van der Waals surface area contributed by atoms with Crippen LogP contribution in [0.2, 0.25) is 0 Å². The largest absolute Gasteiger partial charge is 0.379 e. The van der Waals surface area contributed by atoms with Crippen LogP contribution in [0.1, 0.15) is 29.6 Å². The number of piperidine rings is 1. The fourth-order valence-electron chi connectivity index (χ4n) is 3.93. The second-order valence-electron chi connectivity index (χ2n) is 6.64. The van der Waals surface area contributed by atoms with E-state index in [1.54, 1.807) is 0 Å². The zero-order valence-corrected chi connectivity index (χ0v) is 13.8. The number of hydrogen-bond acceptors (Lipinski definition) is 4. The maximum atomic E-state index is 13.1. The molecule has 24 heavy (non-hydrogen) atoms. The molecule has 0 spiro atoms. The molecule has 2 amide bonds. The number of carbonyl (C=O) groups excluding carboxylic acids is 2. The predicted octanol–water partition coefficient (Wildman–Crippen LogP) is 1.32. The molecule has 0 bridgehead atoms. The van der Waals surface area contributed by atoms with E-state index in [9.17, 15) is 9.59 Å². The summed E-state index contributed by atoms with van der Waals surface area (Å²) in [5.74, 6) is 0.138. The van der Waals surface area contributed by atoms with Crippen molar-refractivity contribution in [3.05, 3.63) is 29.8 Å². The first-order chi connectivity index (χ1) is 11.8. The van der Waals surface area contributed by atoms with Gasteiger partial charge in [0, 0.05) is 19.6 Å². The van der Waals surface area contributed by atoms with Crippen LogP contribution < -0.4 is 4.90 Å². The highest BCUT2D eigenvalue weighted by atomic mass is 16.5. The number of para-hydroxylation sites is 1. The van der Waals surface area contributed by atoms with Crippen LogP contribution in [0.4, 0.5) is 5.69 Å². The van der Waals surface area contributed by atoms with Gasteiger partial charge in [-0.3, -0.25) is 19.4 Å². The van der Waals surface area contributed by atoms with Crippen LogP contribution in [0.25, 0.3) is 0 Å². The molecule has 2 saturated heterocycles. The van der Waals surface area contributed by atoms with Crippen LogP contribution in [-0.4, -0.2) is 67.2 Å². The highest BCUT2D eigenvalue weighted by Gasteiger charge is 2.41. The summed E-state index contributed by atoms with van der Waals surface area (Å²) in [6, 6.07) is 7.50. The summed E-state index contributed by atoms with van der Waals surface area (Å²) in [7, 11) is 0. The second-order valence-corrected chi connectivity index (χ2v) is 6.64. The molecule has 3 aliphatic heterocycles. The van der Waals surface area contributed by atoms with Crippen molar-refractivity contribution in [2.75, 3.05) is 44.3 Å². The van der Waals surface area contributed by atoms with E-state index in [-0.39, 0.29) is 18.0 Å². The number of nitrogens with zero attached hydrogens (tertiary/aromatic N) is 3. The first-order valence-electron chi connectivity index (χ1n) is 8.78. The Kier molecular flexibility index (Phi) is 4.24. The average Bonchev–Trinajstić information content (AvgIpc) is 2.63. The highest BCUT2D eigenvalue weighted by Crippen LogP contribution is 2.35. The number of carbonyl (C=O) groups is 2. The van der Waals surface area contributed by atoms with Gasteiger partial charge in [-0.2, -0.15) is 0 Å². The maximum Gasteiger partial charge on any atom is 0.257 e. The van der Waals surface area contributed by atoms with Gasteiger partial charge < -0.3 is 9.64 Å². The monoisotopic (exact) mass is 329 g/mol. The Labute approximate surface area is 142 Å². The van der Waals surface area contributed by atoms with Gasteiger partial charge in [-0.1, -0.05) is 12.1 Å². The van der Waals surface area contributed by atoms with Crippen molar-refractivity contribution in [2.45, 2.75) is 25.4 Å². The van der Waals surface area contributed by atoms with Gasteiger partial charge in [-0.05, 0) is 31.4 Å². The van der Waals surface area contributed by atoms with E-state index in [1.807, 2.05) is 34.1 Å². The number of amides is 2. The molecule has 0 radical (unpaired) electrons. The standard InChI is InChI=1S/C18H23N3O3/c22-17(13-19-9-11-24-12-10-19)21-15-6-2-1-5-14(15)18(23)20-8-4-3-7-16(20)21/h1-2,5-6,16H,3-4,7-13H2. The molecular formula is C18H23N3O3. The van der Waals surface area contributed by atoms with E-state index in [0.717, 1.165) is 44.6 Å². The van der Waals surface area contributed by atoms with Gasteiger partial charge in [-0.25, -0.2) is 0 Å². The summed E-state index contributed by atoms with van der Waals surface area (Å²) in [4.78, 5) is 31.7. The number of benzene rings is 1. The first-order valence-corrected chi connectivity index (χ1v) is 8.78. The number of morpholine rings is 1. The van der Waals surface area contributed by atoms with Crippen molar-refractivity contribution < 1.29 is 14.3 Å². The Morgan fingerprint density at radius 1 is 1.12 bits per heavy atom. The number of rotatable bonds is 2. The lowest BCUT2D eigenvalue weighted by atomic mass is 9.98. The second kappa shape index (κ2) is 6.53. The molecule has 6 heteroatoms. The Balaban J connectivity index is 1.64. The molecule has 1 atom stereocenters. The minimum atomic E-state index is -0.130. The number of fused-ring (bicyclic) bond motifs is 2. The lowest BCUT2D eigenvalue weighted by molar-refractivity contribution is -0.122. The van der Waals surface area contributed by atoms with Crippen molar-refractivity contribution in [1.82, 2.24) is 9.80 Å². The molecule has 4 rings (SSSR count). The first kappa shape index (κ1) is 15.6. The van der Waals surface area contributed by atoms with E-state index in [2.05, 4.69) is 4.90 Å². The van der Waals surface area contributed by atoms with E-state index < -0.39 is 0 Å². The minimum Gasteiger partial charge on any atom is -0.379 e. The molecule has 0 aromatic heterocycles. The summed E-state index contributed by atoms with van der Waals surface area (Å²) in [6.07, 6.45) is 2.79. The van der Waals surface area contributed by atoms with Crippen LogP contribution in [-0.2, 0) is 9.53 Å². The Morgan fingerprint density at radius 2 is 1.92 bits per heavy atom. The fraction of sp³-hybridized carbons (Fsp3) is 0.556. The van der Waals surface area contributed by atoms with Gasteiger partial charge in [0.05, 0.1) is 31.0 Å². The number of anilines is 1. The molecule has 1 aromatic carbocycles. The predicted molar refractivity (Wildman–Crippen MR) is 89.9 cm³/mol. The average molecular weight is 329 g/mol. The summed E-state index contributed by atoms with van der Waals surface area (Å²) in [5.41, 5.74) is 1.41. The quantitative estimate of drug-likeness (QED) is 0.821. The van der Waals surface area contributed by atoms with Crippen molar-refractivity contribution in [2.24, 2.45) is 0 Å². The van der Waals surface area contributed by atoms with Gasteiger partial charge in [0.2, 0.25) is 5.91 Å². The third kappa shape index (κ3) is 2.70. The van der Waals surface area contributed by atoms with E-state index >= 15 is 0 Å². The zero-order chi connectivity index (χ0) is 16.5. The summed E-state index contributed by atoms with van der Waals surface area (Å²) in [6.45, 7) is 4.05. The molecule has 2 fully saturated rings. The van der Waals surface area contributed by atoms with Crippen LogP contribution in [0, 0.1) is 0 Å². The number of ether oxygens (including phenoxy) is 1. The summed E-state index contributed by atoms with van der Waals surface area (Å²) < 4.78 is 5.36. The SMILES string of the molecule is O=C1c2ccccc2N(C(=O)CN2CCOCC2)C2CCCCN12. The summed E-state index contributed by atoms with van der Waals surface area (Å²) >= 11 is 0. The minimum absolute atomic E-state index is 0.0609. The maximum absolute atomic E-state index is 13.1. The van der Waals surface area contributed by atoms with E-state index in [1.165, 1.54) is 0 Å². The lowest BCUT2D eigenvalue weighted by Gasteiger charge is -2.47. The van der Waals surface area contributed by atoms with Crippen LogP contribution in [0.5, 0.6) is 0 Å². The normalized spacial score (nSPS) is 24.5. The highest BCUT2D eigenvalue weighted by molar-refractivity contribution is 6.08. The third-order valence-electron chi connectivity index (χ3n) is 5.16. The van der Waals surface area contributed by atoms with Crippen LogP contribution >= 0.6 is 0 Å². The van der Waals surface area contributed by atoms with E-state index in [4.69, 9.17) is 4.74 Å². The summed E-state index contributed by atoms with van der Waals surface area (Å²) in [5, 5.41) is 0. The van der Waals surface area contributed by atoms with Crippen molar-refractivity contribution in [3.63, 3.8) is 0 Å². The van der Waals surface area contributed by atoms with Gasteiger partial charge >= 0.3 is 0 Å². The molecule has 3 heterocycles. The third-order valence-corrected chi connectivity index (χ3v) is 5.16.